The van der Waals surface area contributed by atoms with Crippen molar-refractivity contribution in [3.05, 3.63) is 71.1 Å². The Hall–Kier alpha value is -3.57. The van der Waals surface area contributed by atoms with Crippen LogP contribution in [0.3, 0.4) is 0 Å². The Morgan fingerprint density at radius 2 is 1.67 bits per heavy atom. The molecule has 0 spiro atoms. The molecule has 1 aliphatic rings. The molecule has 2 amide bonds. The summed E-state index contributed by atoms with van der Waals surface area (Å²) in [6, 6.07) is 13.8. The fraction of sp³-hybridized carbons (Fsp3) is 0.0526. The minimum Gasteiger partial charge on any atom is -0.454 e. The Kier molecular flexibility index (Phi) is 5.29. The van der Waals surface area contributed by atoms with Crippen LogP contribution in [0.1, 0.15) is 20.7 Å². The van der Waals surface area contributed by atoms with E-state index >= 15 is 0 Å². The summed E-state index contributed by atoms with van der Waals surface area (Å²) in [5.74, 6) is -0.295. The maximum atomic E-state index is 12.6. The zero-order chi connectivity index (χ0) is 21.1. The number of thiophene rings is 1. The topological polar surface area (TPSA) is 123 Å². The van der Waals surface area contributed by atoms with E-state index in [9.17, 15) is 18.0 Å². The van der Waals surface area contributed by atoms with Crippen LogP contribution in [-0.4, -0.2) is 27.0 Å². The molecule has 2 heterocycles. The van der Waals surface area contributed by atoms with E-state index in [1.807, 2.05) is 0 Å². The third-order valence-electron chi connectivity index (χ3n) is 4.10. The smallest absolute Gasteiger partial charge is 0.271 e. The first-order valence-electron chi connectivity index (χ1n) is 8.60. The summed E-state index contributed by atoms with van der Waals surface area (Å²) >= 11 is 1.06. The number of para-hydroxylation sites is 1. The van der Waals surface area contributed by atoms with Crippen LogP contribution < -0.4 is 25.0 Å². The molecule has 11 heteroatoms. The van der Waals surface area contributed by atoms with E-state index in [4.69, 9.17) is 9.47 Å². The van der Waals surface area contributed by atoms with Crippen LogP contribution in [0.25, 0.3) is 0 Å². The third-order valence-corrected chi connectivity index (χ3v) is 6.86. The van der Waals surface area contributed by atoms with E-state index in [2.05, 4.69) is 15.6 Å². The molecule has 0 saturated carbocycles. The summed E-state index contributed by atoms with van der Waals surface area (Å²) in [7, 11) is -3.83. The van der Waals surface area contributed by atoms with Gasteiger partial charge in [0.15, 0.2) is 11.5 Å². The number of hydrogen-bond donors (Lipinski definition) is 3. The molecule has 9 nitrogen and oxygen atoms in total. The predicted molar refractivity (Wildman–Crippen MR) is 109 cm³/mol. The fourth-order valence-electron chi connectivity index (χ4n) is 2.67. The fourth-order valence-corrected chi connectivity index (χ4v) is 4.74. The molecule has 0 bridgehead atoms. The highest BCUT2D eigenvalue weighted by atomic mass is 32.2. The first kappa shape index (κ1) is 19.7. The molecule has 3 N–H and O–H groups in total. The standard InChI is InChI=1S/C19H15N3O6S2/c23-18(12-7-8-15-16(10-12)28-11-27-15)20-21-19(24)13-4-1-2-5-14(13)22-30(25,26)17-6-3-9-29-17/h1-10,22H,11H2,(H,20,23)(H,21,24). The lowest BCUT2D eigenvalue weighted by Crippen LogP contribution is -2.41. The normalized spacial score (nSPS) is 12.3. The molecule has 0 radical (unpaired) electrons. The van der Waals surface area contributed by atoms with Crippen LogP contribution in [0.15, 0.2) is 64.2 Å². The number of rotatable bonds is 5. The number of sulfonamides is 1. The molecular formula is C19H15N3O6S2. The van der Waals surface area contributed by atoms with E-state index in [0.29, 0.717) is 11.5 Å². The maximum Gasteiger partial charge on any atom is 0.271 e. The molecule has 1 aromatic heterocycles. The second kappa shape index (κ2) is 8.05. The highest BCUT2D eigenvalue weighted by Gasteiger charge is 2.20. The van der Waals surface area contributed by atoms with Gasteiger partial charge in [-0.05, 0) is 41.8 Å². The van der Waals surface area contributed by atoms with Gasteiger partial charge < -0.3 is 9.47 Å². The number of hydrazine groups is 1. The van der Waals surface area contributed by atoms with E-state index in [0.717, 1.165) is 11.3 Å². The van der Waals surface area contributed by atoms with Gasteiger partial charge >= 0.3 is 0 Å². The van der Waals surface area contributed by atoms with Crippen molar-refractivity contribution in [1.82, 2.24) is 10.9 Å². The molecule has 0 fully saturated rings. The number of carbonyl (C=O) groups excluding carboxylic acids is 2. The van der Waals surface area contributed by atoms with Gasteiger partial charge in [-0.3, -0.25) is 25.2 Å². The molecular weight excluding hydrogens is 430 g/mol. The second-order valence-corrected chi connectivity index (χ2v) is 8.92. The molecule has 3 aromatic rings. The Morgan fingerprint density at radius 1 is 0.900 bits per heavy atom. The van der Waals surface area contributed by atoms with Gasteiger partial charge in [0.25, 0.3) is 21.8 Å². The average molecular weight is 445 g/mol. The van der Waals surface area contributed by atoms with Gasteiger partial charge in [-0.1, -0.05) is 18.2 Å². The van der Waals surface area contributed by atoms with Crippen molar-refractivity contribution >= 4 is 38.9 Å². The molecule has 30 heavy (non-hydrogen) atoms. The van der Waals surface area contributed by atoms with E-state index < -0.39 is 21.8 Å². The van der Waals surface area contributed by atoms with Crippen molar-refractivity contribution in [3.63, 3.8) is 0 Å². The highest BCUT2D eigenvalue weighted by Crippen LogP contribution is 2.32. The van der Waals surface area contributed by atoms with Crippen molar-refractivity contribution < 1.29 is 27.5 Å². The van der Waals surface area contributed by atoms with Crippen molar-refractivity contribution in [2.75, 3.05) is 11.5 Å². The van der Waals surface area contributed by atoms with Crippen molar-refractivity contribution in [3.8, 4) is 11.5 Å². The van der Waals surface area contributed by atoms with Gasteiger partial charge in [-0.25, -0.2) is 8.42 Å². The maximum absolute atomic E-state index is 12.6. The van der Waals surface area contributed by atoms with Crippen molar-refractivity contribution in [2.45, 2.75) is 4.21 Å². The zero-order valence-electron chi connectivity index (χ0n) is 15.2. The Bertz CT molecular complexity index is 1210. The minimum atomic E-state index is -3.83. The summed E-state index contributed by atoms with van der Waals surface area (Å²) in [5.41, 5.74) is 4.96. The van der Waals surface area contributed by atoms with Crippen LogP contribution >= 0.6 is 11.3 Å². The summed E-state index contributed by atoms with van der Waals surface area (Å²) < 4.78 is 37.8. The first-order valence-corrected chi connectivity index (χ1v) is 11.0. The average Bonchev–Trinajstić information content (AvgIpc) is 3.43. The van der Waals surface area contributed by atoms with Crippen LogP contribution in [0.5, 0.6) is 11.5 Å². The minimum absolute atomic E-state index is 0.0450. The summed E-state index contributed by atoms with van der Waals surface area (Å²) in [6.45, 7) is 0.0787. The SMILES string of the molecule is O=C(NNC(=O)c1ccccc1NS(=O)(=O)c1cccs1)c1ccc2c(c1)OCO2. The predicted octanol–water partition coefficient (Wildman–Crippen LogP) is 2.35. The largest absolute Gasteiger partial charge is 0.454 e. The number of amides is 2. The van der Waals surface area contributed by atoms with Gasteiger partial charge in [0.1, 0.15) is 4.21 Å². The van der Waals surface area contributed by atoms with Crippen LogP contribution in [0.4, 0.5) is 5.69 Å². The van der Waals surface area contributed by atoms with Gasteiger partial charge in [0.05, 0.1) is 11.3 Å². The first-order chi connectivity index (χ1) is 14.4. The summed E-state index contributed by atoms with van der Waals surface area (Å²) in [5, 5.41) is 1.64. The molecule has 0 saturated heterocycles. The zero-order valence-corrected chi connectivity index (χ0v) is 16.9. The molecule has 4 rings (SSSR count). The molecule has 154 valence electrons. The number of fused-ring (bicyclic) bond motifs is 1. The van der Waals surface area contributed by atoms with Gasteiger partial charge in [0.2, 0.25) is 6.79 Å². The Morgan fingerprint density at radius 3 is 2.47 bits per heavy atom. The van der Waals surface area contributed by atoms with Gasteiger partial charge in [-0.2, -0.15) is 0 Å². The molecule has 0 atom stereocenters. The second-order valence-electron chi connectivity index (χ2n) is 6.06. The number of carbonyl (C=O) groups is 2. The lowest BCUT2D eigenvalue weighted by molar-refractivity contribution is 0.0847. The van der Waals surface area contributed by atoms with E-state index in [-0.39, 0.29) is 27.8 Å². The number of nitrogens with one attached hydrogen (secondary N) is 3. The monoisotopic (exact) mass is 445 g/mol. The molecule has 2 aromatic carbocycles. The molecule has 0 aliphatic carbocycles. The highest BCUT2D eigenvalue weighted by molar-refractivity contribution is 7.94. The van der Waals surface area contributed by atoms with E-state index in [1.165, 1.54) is 30.3 Å². The molecule has 1 aliphatic heterocycles. The number of benzene rings is 2. The van der Waals surface area contributed by atoms with Crippen molar-refractivity contribution in [1.29, 1.82) is 0 Å². The summed E-state index contributed by atoms with van der Waals surface area (Å²) in [6.07, 6.45) is 0. The van der Waals surface area contributed by atoms with Crippen LogP contribution in [0.2, 0.25) is 0 Å². The van der Waals surface area contributed by atoms with Gasteiger partial charge in [0, 0.05) is 5.56 Å². The van der Waals surface area contributed by atoms with Gasteiger partial charge in [-0.15, -0.1) is 11.3 Å². The lowest BCUT2D eigenvalue weighted by Gasteiger charge is -2.12. The quantitative estimate of drug-likeness (QED) is 0.518. The number of hydrogen-bond acceptors (Lipinski definition) is 7. The van der Waals surface area contributed by atoms with Crippen LogP contribution in [0, 0.1) is 0 Å². The lowest BCUT2D eigenvalue weighted by atomic mass is 10.2. The van der Waals surface area contributed by atoms with E-state index in [1.54, 1.807) is 29.6 Å². The summed E-state index contributed by atoms with van der Waals surface area (Å²) in [4.78, 5) is 24.9. The van der Waals surface area contributed by atoms with Crippen molar-refractivity contribution in [2.24, 2.45) is 0 Å². The Labute approximate surface area is 175 Å². The number of ether oxygens (including phenoxy) is 2. The Balaban J connectivity index is 1.46. The van der Waals surface area contributed by atoms with Crippen LogP contribution in [-0.2, 0) is 10.0 Å². The third kappa shape index (κ3) is 4.07. The molecule has 0 unspecified atom stereocenters. The number of anilines is 1.